The first kappa shape index (κ1) is 19.5. The van der Waals surface area contributed by atoms with Gasteiger partial charge >= 0.3 is 0 Å². The van der Waals surface area contributed by atoms with E-state index in [4.69, 9.17) is 0 Å². The van der Waals surface area contributed by atoms with Gasteiger partial charge in [0.05, 0.1) is 22.4 Å². The Morgan fingerprint density at radius 3 is 2.64 bits per heavy atom. The first-order valence-electron chi connectivity index (χ1n) is 8.40. The lowest BCUT2D eigenvalue weighted by Crippen LogP contribution is -2.18. The fourth-order valence-corrected chi connectivity index (χ4v) is 3.39. The first-order chi connectivity index (χ1) is 13.4. The lowest BCUT2D eigenvalue weighted by molar-refractivity contribution is -0.384. The number of nitro groups is 1. The first-order valence-corrected chi connectivity index (χ1v) is 9.19. The highest BCUT2D eigenvalue weighted by Gasteiger charge is 2.13. The fourth-order valence-electron chi connectivity index (χ4n) is 2.93. The summed E-state index contributed by atoms with van der Waals surface area (Å²) in [6.45, 7) is 3.80. The molecule has 8 heteroatoms. The lowest BCUT2D eigenvalue weighted by atomic mass is 10.2. The summed E-state index contributed by atoms with van der Waals surface area (Å²) >= 11 is 3.34. The molecule has 0 aliphatic carbocycles. The molecular weight excluding hydrogens is 424 g/mol. The number of hydrogen-bond donors (Lipinski definition) is 1. The molecule has 0 radical (unpaired) electrons. The van der Waals surface area contributed by atoms with Crippen LogP contribution in [0.25, 0.3) is 5.69 Å². The van der Waals surface area contributed by atoms with E-state index in [1.807, 2.05) is 36.6 Å². The van der Waals surface area contributed by atoms with Crippen LogP contribution in [0, 0.1) is 24.0 Å². The molecule has 0 atom stereocenters. The summed E-state index contributed by atoms with van der Waals surface area (Å²) < 4.78 is 2.59. The number of carbonyl (C=O) groups is 1. The van der Waals surface area contributed by atoms with Gasteiger partial charge in [-0.2, -0.15) is 5.10 Å². The van der Waals surface area contributed by atoms with Gasteiger partial charge in [0.25, 0.3) is 11.6 Å². The molecule has 1 amide bonds. The van der Waals surface area contributed by atoms with Crippen LogP contribution in [0.4, 0.5) is 5.69 Å². The van der Waals surface area contributed by atoms with Gasteiger partial charge in [-0.3, -0.25) is 14.9 Å². The standard InChI is InChI=1S/C20H17BrN4O3/c1-13-10-15(12-22-23-20(26)18-8-3-4-9-19(18)21)14(2)24(13)16-6-5-7-17(11-16)25(27)28/h3-12H,1-2H3,(H,23,26)/b22-12-. The van der Waals surface area contributed by atoms with E-state index in [0.717, 1.165) is 17.0 Å². The van der Waals surface area contributed by atoms with Gasteiger partial charge in [-0.1, -0.05) is 18.2 Å². The summed E-state index contributed by atoms with van der Waals surface area (Å²) in [5.74, 6) is -0.323. The third-order valence-electron chi connectivity index (χ3n) is 4.26. The van der Waals surface area contributed by atoms with Crippen LogP contribution in [0.1, 0.15) is 27.3 Å². The van der Waals surface area contributed by atoms with Gasteiger partial charge in [0, 0.05) is 33.6 Å². The van der Waals surface area contributed by atoms with Crippen molar-refractivity contribution in [2.75, 3.05) is 0 Å². The molecule has 142 valence electrons. The molecule has 0 unspecified atom stereocenters. The zero-order chi connectivity index (χ0) is 20.3. The van der Waals surface area contributed by atoms with Gasteiger partial charge in [-0.05, 0) is 54.0 Å². The van der Waals surface area contributed by atoms with E-state index in [1.54, 1.807) is 30.5 Å². The molecule has 0 saturated carbocycles. The minimum absolute atomic E-state index is 0.0286. The number of aromatic nitrogens is 1. The van der Waals surface area contributed by atoms with E-state index >= 15 is 0 Å². The zero-order valence-electron chi connectivity index (χ0n) is 15.2. The number of nitrogens with one attached hydrogen (secondary N) is 1. The Hall–Kier alpha value is -3.26. The van der Waals surface area contributed by atoms with E-state index in [2.05, 4.69) is 26.5 Å². The number of hydrogen-bond acceptors (Lipinski definition) is 4. The summed E-state index contributed by atoms with van der Waals surface area (Å²) in [6, 6.07) is 15.4. The normalized spacial score (nSPS) is 11.0. The van der Waals surface area contributed by atoms with Crippen molar-refractivity contribution < 1.29 is 9.72 Å². The maximum Gasteiger partial charge on any atom is 0.272 e. The molecule has 0 saturated heterocycles. The quantitative estimate of drug-likeness (QED) is 0.359. The van der Waals surface area contributed by atoms with Gasteiger partial charge in [-0.25, -0.2) is 5.43 Å². The van der Waals surface area contributed by atoms with E-state index in [-0.39, 0.29) is 11.6 Å². The molecule has 0 aliphatic rings. The maximum atomic E-state index is 12.2. The van der Waals surface area contributed by atoms with Crippen molar-refractivity contribution in [1.82, 2.24) is 9.99 Å². The number of nitrogens with zero attached hydrogens (tertiary/aromatic N) is 3. The smallest absolute Gasteiger partial charge is 0.272 e. The van der Waals surface area contributed by atoms with Gasteiger partial charge in [0.15, 0.2) is 0 Å². The van der Waals surface area contributed by atoms with Crippen LogP contribution in [-0.2, 0) is 0 Å². The number of amides is 1. The lowest BCUT2D eigenvalue weighted by Gasteiger charge is -2.09. The Morgan fingerprint density at radius 2 is 1.93 bits per heavy atom. The predicted molar refractivity (Wildman–Crippen MR) is 111 cm³/mol. The molecule has 3 rings (SSSR count). The molecule has 7 nitrogen and oxygen atoms in total. The molecule has 1 aromatic heterocycles. The molecule has 28 heavy (non-hydrogen) atoms. The van der Waals surface area contributed by atoms with Crippen LogP contribution in [0.15, 0.2) is 64.2 Å². The monoisotopic (exact) mass is 440 g/mol. The predicted octanol–water partition coefficient (Wildman–Crippen LogP) is 4.53. The summed E-state index contributed by atoms with van der Waals surface area (Å²) in [5, 5.41) is 15.1. The van der Waals surface area contributed by atoms with Crippen LogP contribution in [0.3, 0.4) is 0 Å². The van der Waals surface area contributed by atoms with E-state index in [9.17, 15) is 14.9 Å². The highest BCUT2D eigenvalue weighted by molar-refractivity contribution is 9.10. The van der Waals surface area contributed by atoms with Crippen molar-refractivity contribution in [2.45, 2.75) is 13.8 Å². The minimum atomic E-state index is -0.419. The minimum Gasteiger partial charge on any atom is -0.318 e. The van der Waals surface area contributed by atoms with Crippen molar-refractivity contribution in [2.24, 2.45) is 5.10 Å². The average molecular weight is 441 g/mol. The molecule has 0 aliphatic heterocycles. The van der Waals surface area contributed by atoms with Crippen molar-refractivity contribution in [3.05, 3.63) is 91.7 Å². The Kier molecular flexibility index (Phi) is 5.70. The van der Waals surface area contributed by atoms with Crippen LogP contribution < -0.4 is 5.43 Å². The summed E-state index contributed by atoms with van der Waals surface area (Å²) in [6.07, 6.45) is 1.56. The number of halogens is 1. The Labute approximate surface area is 170 Å². The molecule has 0 bridgehead atoms. The highest BCUT2D eigenvalue weighted by atomic mass is 79.9. The number of carbonyl (C=O) groups excluding carboxylic acids is 1. The highest BCUT2D eigenvalue weighted by Crippen LogP contribution is 2.23. The third kappa shape index (κ3) is 4.01. The van der Waals surface area contributed by atoms with Crippen molar-refractivity contribution in [3.8, 4) is 5.69 Å². The van der Waals surface area contributed by atoms with Crippen LogP contribution in [-0.4, -0.2) is 21.6 Å². The molecular formula is C20H17BrN4O3. The summed E-state index contributed by atoms with van der Waals surface area (Å²) in [4.78, 5) is 22.8. The average Bonchev–Trinajstić information content (AvgIpc) is 2.95. The number of hydrazone groups is 1. The topological polar surface area (TPSA) is 89.5 Å². The molecule has 0 spiro atoms. The summed E-state index contributed by atoms with van der Waals surface area (Å²) in [5.41, 5.74) is 6.28. The number of benzene rings is 2. The van der Waals surface area contributed by atoms with Gasteiger partial charge in [0.2, 0.25) is 0 Å². The van der Waals surface area contributed by atoms with Gasteiger partial charge in [0.1, 0.15) is 0 Å². The number of non-ortho nitro benzene ring substituents is 1. The second kappa shape index (κ2) is 8.18. The van der Waals surface area contributed by atoms with Crippen LogP contribution >= 0.6 is 15.9 Å². The number of rotatable bonds is 5. The fraction of sp³-hybridized carbons (Fsp3) is 0.100. The van der Waals surface area contributed by atoms with Crippen LogP contribution in [0.5, 0.6) is 0 Å². The zero-order valence-corrected chi connectivity index (χ0v) is 16.8. The van der Waals surface area contributed by atoms with Gasteiger partial charge < -0.3 is 4.57 Å². The largest absolute Gasteiger partial charge is 0.318 e. The van der Waals surface area contributed by atoms with Crippen molar-refractivity contribution in [1.29, 1.82) is 0 Å². The number of nitro benzene ring substituents is 1. The number of aryl methyl sites for hydroxylation is 1. The Bertz CT molecular complexity index is 1090. The second-order valence-electron chi connectivity index (χ2n) is 6.12. The molecule has 3 aromatic rings. The molecule has 1 N–H and O–H groups in total. The maximum absolute atomic E-state index is 12.2. The van der Waals surface area contributed by atoms with E-state index < -0.39 is 4.92 Å². The van der Waals surface area contributed by atoms with Crippen molar-refractivity contribution >= 4 is 33.7 Å². The SMILES string of the molecule is Cc1cc(/C=N\NC(=O)c2ccccc2Br)c(C)n1-c1cccc([N+](=O)[O-])c1. The van der Waals surface area contributed by atoms with Gasteiger partial charge in [-0.15, -0.1) is 0 Å². The third-order valence-corrected chi connectivity index (χ3v) is 4.95. The Morgan fingerprint density at radius 1 is 1.18 bits per heavy atom. The van der Waals surface area contributed by atoms with Crippen molar-refractivity contribution in [3.63, 3.8) is 0 Å². The molecule has 0 fully saturated rings. The van der Waals surface area contributed by atoms with E-state index in [0.29, 0.717) is 15.7 Å². The summed E-state index contributed by atoms with van der Waals surface area (Å²) in [7, 11) is 0. The second-order valence-corrected chi connectivity index (χ2v) is 6.97. The van der Waals surface area contributed by atoms with E-state index in [1.165, 1.54) is 12.1 Å². The van der Waals surface area contributed by atoms with Crippen LogP contribution in [0.2, 0.25) is 0 Å². The molecule has 1 heterocycles. The Balaban J connectivity index is 1.83. The molecule has 2 aromatic carbocycles.